The van der Waals surface area contributed by atoms with Gasteiger partial charge in [0.1, 0.15) is 0 Å². The third-order valence-corrected chi connectivity index (χ3v) is 4.19. The second-order valence-electron chi connectivity index (χ2n) is 6.07. The molecule has 1 aliphatic heterocycles. The maximum atomic E-state index is 13.4. The molecule has 0 fully saturated rings. The molecule has 1 aromatic carbocycles. The summed E-state index contributed by atoms with van der Waals surface area (Å²) in [5.74, 6) is -0.134. The van der Waals surface area contributed by atoms with Crippen LogP contribution in [0.5, 0.6) is 0 Å². The number of allylic oxidation sites excluding steroid dienone is 5. The van der Waals surface area contributed by atoms with Gasteiger partial charge in [-0.1, -0.05) is 62.6 Å². The molecule has 0 aliphatic carbocycles. The molecule has 26 heavy (non-hydrogen) atoms. The third-order valence-electron chi connectivity index (χ3n) is 4.19. The molecule has 1 aliphatic rings. The lowest BCUT2D eigenvalue weighted by Gasteiger charge is -2.22. The summed E-state index contributed by atoms with van der Waals surface area (Å²) in [6, 6.07) is 10.1. The van der Waals surface area contributed by atoms with Gasteiger partial charge in [-0.3, -0.25) is 0 Å². The first-order chi connectivity index (χ1) is 12.6. The van der Waals surface area contributed by atoms with Crippen LogP contribution < -0.4 is 5.32 Å². The molecule has 0 saturated heterocycles. The van der Waals surface area contributed by atoms with E-state index in [0.29, 0.717) is 13.0 Å². The number of halogens is 1. The van der Waals surface area contributed by atoms with E-state index in [1.165, 1.54) is 11.8 Å². The van der Waals surface area contributed by atoms with E-state index in [9.17, 15) is 4.39 Å². The fourth-order valence-corrected chi connectivity index (χ4v) is 2.56. The number of benzene rings is 1. The molecule has 0 saturated carbocycles. The van der Waals surface area contributed by atoms with Gasteiger partial charge in [0.2, 0.25) is 0 Å². The Kier molecular flexibility index (Phi) is 7.84. The lowest BCUT2D eigenvalue weighted by Crippen LogP contribution is -2.22. The molecule has 0 spiro atoms. The zero-order valence-electron chi connectivity index (χ0n) is 15.4. The van der Waals surface area contributed by atoms with Gasteiger partial charge in [0, 0.05) is 31.5 Å². The minimum Gasteiger partial charge on any atom is -0.346 e. The smallest absolute Gasteiger partial charge is 0.0996 e. The number of nitrogens with zero attached hydrogens (tertiary/aromatic N) is 1. The van der Waals surface area contributed by atoms with Gasteiger partial charge in [-0.05, 0) is 41.4 Å². The normalized spacial score (nSPS) is 15.2. The highest BCUT2D eigenvalue weighted by Gasteiger charge is 2.11. The van der Waals surface area contributed by atoms with Gasteiger partial charge in [-0.2, -0.15) is 0 Å². The predicted molar refractivity (Wildman–Crippen MR) is 110 cm³/mol. The van der Waals surface area contributed by atoms with E-state index in [1.54, 1.807) is 19.1 Å². The fraction of sp³-hybridized carbons (Fsp3) is 0.217. The Labute approximate surface area is 156 Å². The minimum atomic E-state index is -0.134. The molecule has 0 radical (unpaired) electrons. The van der Waals surface area contributed by atoms with E-state index >= 15 is 0 Å². The van der Waals surface area contributed by atoms with Crippen molar-refractivity contribution in [1.82, 2.24) is 10.2 Å². The first-order valence-electron chi connectivity index (χ1n) is 8.90. The van der Waals surface area contributed by atoms with Gasteiger partial charge in [0.25, 0.3) is 0 Å². The Morgan fingerprint density at radius 3 is 2.65 bits per heavy atom. The summed E-state index contributed by atoms with van der Waals surface area (Å²) in [5.41, 5.74) is 4.18. The van der Waals surface area contributed by atoms with Gasteiger partial charge >= 0.3 is 0 Å². The quantitative estimate of drug-likeness (QED) is 0.602. The lowest BCUT2D eigenvalue weighted by molar-refractivity contribution is 0.498. The largest absolute Gasteiger partial charge is 0.346 e. The van der Waals surface area contributed by atoms with Crippen LogP contribution in [0.25, 0.3) is 5.57 Å². The molecular formula is C23H27FN2. The van der Waals surface area contributed by atoms with Gasteiger partial charge in [-0.25, -0.2) is 4.39 Å². The first-order valence-corrected chi connectivity index (χ1v) is 8.90. The molecule has 3 heteroatoms. The van der Waals surface area contributed by atoms with Crippen molar-refractivity contribution in [2.45, 2.75) is 13.3 Å². The monoisotopic (exact) mass is 350 g/mol. The van der Waals surface area contributed by atoms with Crippen molar-refractivity contribution in [2.75, 3.05) is 19.6 Å². The summed E-state index contributed by atoms with van der Waals surface area (Å²) >= 11 is 0. The Morgan fingerprint density at radius 1 is 1.27 bits per heavy atom. The molecule has 1 N–H and O–H groups in total. The molecule has 2 rings (SSSR count). The Morgan fingerprint density at radius 2 is 2.04 bits per heavy atom. The molecule has 0 bridgehead atoms. The molecule has 0 amide bonds. The standard InChI is InChI=1S/C23H27FN2/c1-4-20(11-12-22(24)5-2)18-26(23-13-15-25-17-23)16-14-19(3)21-9-7-6-8-10-21/h4,6-14,16,25H,1,3,5,15,17-18H2,2H3/b16-14+,20-11+,22-12+. The highest BCUT2D eigenvalue weighted by atomic mass is 19.1. The number of nitrogens with one attached hydrogen (secondary N) is 1. The second-order valence-corrected chi connectivity index (χ2v) is 6.07. The highest BCUT2D eigenvalue weighted by molar-refractivity contribution is 5.71. The number of hydrogen-bond acceptors (Lipinski definition) is 2. The van der Waals surface area contributed by atoms with Gasteiger partial charge in [0.15, 0.2) is 0 Å². The molecule has 1 aromatic rings. The van der Waals surface area contributed by atoms with E-state index in [-0.39, 0.29) is 5.83 Å². The Hall–Kier alpha value is -2.65. The lowest BCUT2D eigenvalue weighted by atomic mass is 10.1. The maximum Gasteiger partial charge on any atom is 0.0996 e. The van der Waals surface area contributed by atoms with Crippen molar-refractivity contribution >= 4 is 5.57 Å². The fourth-order valence-electron chi connectivity index (χ4n) is 2.56. The summed E-state index contributed by atoms with van der Waals surface area (Å²) in [5, 5.41) is 3.31. The molecule has 0 aromatic heterocycles. The topological polar surface area (TPSA) is 15.3 Å². The third kappa shape index (κ3) is 6.01. The minimum absolute atomic E-state index is 0.134. The number of hydrogen-bond donors (Lipinski definition) is 1. The summed E-state index contributed by atoms with van der Waals surface area (Å²) < 4.78 is 13.4. The van der Waals surface area contributed by atoms with Gasteiger partial charge < -0.3 is 10.2 Å². The van der Waals surface area contributed by atoms with Gasteiger partial charge in [0.05, 0.1) is 5.83 Å². The van der Waals surface area contributed by atoms with Crippen LogP contribution in [0.4, 0.5) is 4.39 Å². The van der Waals surface area contributed by atoms with E-state index in [1.807, 2.05) is 42.6 Å². The van der Waals surface area contributed by atoms with Crippen molar-refractivity contribution in [3.8, 4) is 0 Å². The van der Waals surface area contributed by atoms with Crippen LogP contribution >= 0.6 is 0 Å². The SMILES string of the molecule is C=C/C(=C\C=C(\F)CC)CN(/C=C/C(=C)c1ccccc1)C1=CCNC1. The van der Waals surface area contributed by atoms with Crippen LogP contribution in [0.1, 0.15) is 18.9 Å². The highest BCUT2D eigenvalue weighted by Crippen LogP contribution is 2.17. The zero-order chi connectivity index (χ0) is 18.8. The van der Waals surface area contributed by atoms with E-state index in [2.05, 4.69) is 29.5 Å². The Bertz CT molecular complexity index is 739. The molecule has 136 valence electrons. The zero-order valence-corrected chi connectivity index (χ0v) is 15.4. The molecular weight excluding hydrogens is 323 g/mol. The average Bonchev–Trinajstić information content (AvgIpc) is 3.22. The van der Waals surface area contributed by atoms with Crippen LogP contribution in [0.15, 0.2) is 97.2 Å². The second kappa shape index (κ2) is 10.4. The average molecular weight is 350 g/mol. The van der Waals surface area contributed by atoms with Crippen LogP contribution in [0.2, 0.25) is 0 Å². The molecule has 0 atom stereocenters. The van der Waals surface area contributed by atoms with Crippen molar-refractivity contribution in [3.05, 3.63) is 103 Å². The van der Waals surface area contributed by atoms with Crippen molar-refractivity contribution in [3.63, 3.8) is 0 Å². The van der Waals surface area contributed by atoms with E-state index in [0.717, 1.165) is 29.8 Å². The predicted octanol–water partition coefficient (Wildman–Crippen LogP) is 5.38. The van der Waals surface area contributed by atoms with Crippen molar-refractivity contribution < 1.29 is 4.39 Å². The van der Waals surface area contributed by atoms with Crippen LogP contribution in [0.3, 0.4) is 0 Å². The van der Waals surface area contributed by atoms with Crippen molar-refractivity contribution in [1.29, 1.82) is 0 Å². The van der Waals surface area contributed by atoms with Crippen molar-refractivity contribution in [2.24, 2.45) is 0 Å². The summed E-state index contributed by atoms with van der Waals surface area (Å²) in [6.45, 7) is 12.1. The van der Waals surface area contributed by atoms with E-state index in [4.69, 9.17) is 0 Å². The van der Waals surface area contributed by atoms with Crippen LogP contribution in [-0.4, -0.2) is 24.5 Å². The summed E-state index contributed by atoms with van der Waals surface area (Å²) in [6.07, 6.45) is 11.7. The molecule has 1 heterocycles. The first kappa shape index (κ1) is 19.7. The molecule has 2 nitrogen and oxygen atoms in total. The van der Waals surface area contributed by atoms with Crippen LogP contribution in [0, 0.1) is 0 Å². The van der Waals surface area contributed by atoms with E-state index < -0.39 is 0 Å². The summed E-state index contributed by atoms with van der Waals surface area (Å²) in [4.78, 5) is 2.15. The molecule has 0 unspecified atom stereocenters. The maximum absolute atomic E-state index is 13.4. The van der Waals surface area contributed by atoms with Crippen LogP contribution in [-0.2, 0) is 0 Å². The summed E-state index contributed by atoms with van der Waals surface area (Å²) in [7, 11) is 0. The van der Waals surface area contributed by atoms with Gasteiger partial charge in [-0.15, -0.1) is 0 Å². The number of rotatable bonds is 9. The Balaban J connectivity index is 2.17.